The first-order chi connectivity index (χ1) is 7.29. The minimum atomic E-state index is -0.306. The molecule has 0 bridgehead atoms. The number of methoxy groups -OCH3 is 1. The van der Waals surface area contributed by atoms with Crippen molar-refractivity contribution in [2.45, 2.75) is 13.0 Å². The van der Waals surface area contributed by atoms with E-state index >= 15 is 0 Å². The van der Waals surface area contributed by atoms with Crippen molar-refractivity contribution >= 4 is 23.4 Å². The van der Waals surface area contributed by atoms with Gasteiger partial charge in [0.2, 0.25) is 0 Å². The zero-order valence-corrected chi connectivity index (χ0v) is 9.39. The molecule has 2 heterocycles. The summed E-state index contributed by atoms with van der Waals surface area (Å²) in [5.41, 5.74) is 1.36. The number of carbonyl (C=O) groups is 1. The number of hydrogen-bond donors (Lipinski definition) is 1. The van der Waals surface area contributed by atoms with Crippen LogP contribution in [0.2, 0.25) is 0 Å². The Morgan fingerprint density at radius 1 is 1.67 bits per heavy atom. The molecule has 2 rings (SSSR count). The average molecular weight is 223 g/mol. The summed E-state index contributed by atoms with van der Waals surface area (Å²) < 4.78 is 4.54. The minimum Gasteiger partial charge on any atom is -0.466 e. The fraction of sp³-hybridized carbons (Fsp3) is 0.364. The van der Waals surface area contributed by atoms with Crippen LogP contribution in [0.15, 0.2) is 12.1 Å². The third-order valence-corrected chi connectivity index (χ3v) is 3.55. The number of rotatable bonds is 2. The summed E-state index contributed by atoms with van der Waals surface area (Å²) in [5.74, 6) is -0.306. The van der Waals surface area contributed by atoms with Gasteiger partial charge in [-0.2, -0.15) is 0 Å². The van der Waals surface area contributed by atoms with E-state index in [2.05, 4.69) is 16.1 Å². The standard InChI is InChI=1S/C11H13NO2S/c1-14-11(13)3-2-9-6-8-7-12-5-4-10(8)15-9/h2-3,6,12H,4-5,7H2,1H3. The van der Waals surface area contributed by atoms with E-state index in [-0.39, 0.29) is 5.97 Å². The van der Waals surface area contributed by atoms with Gasteiger partial charge in [-0.3, -0.25) is 0 Å². The van der Waals surface area contributed by atoms with Crippen LogP contribution in [0.4, 0.5) is 0 Å². The molecule has 0 fully saturated rings. The van der Waals surface area contributed by atoms with Crippen LogP contribution in [0.25, 0.3) is 6.08 Å². The van der Waals surface area contributed by atoms with Crippen LogP contribution in [0.1, 0.15) is 15.3 Å². The Morgan fingerprint density at radius 2 is 2.53 bits per heavy atom. The predicted octanol–water partition coefficient (Wildman–Crippen LogP) is 1.58. The third-order valence-electron chi connectivity index (χ3n) is 2.34. The lowest BCUT2D eigenvalue weighted by molar-refractivity contribution is -0.134. The molecular weight excluding hydrogens is 210 g/mol. The highest BCUT2D eigenvalue weighted by Gasteiger charge is 2.11. The molecule has 0 spiro atoms. The van der Waals surface area contributed by atoms with Crippen molar-refractivity contribution in [3.8, 4) is 0 Å². The quantitative estimate of drug-likeness (QED) is 0.611. The lowest BCUT2D eigenvalue weighted by atomic mass is 10.1. The maximum atomic E-state index is 10.9. The Hall–Kier alpha value is -1.13. The highest BCUT2D eigenvalue weighted by molar-refractivity contribution is 7.13. The molecule has 1 aliphatic rings. The Morgan fingerprint density at radius 3 is 3.27 bits per heavy atom. The van der Waals surface area contributed by atoms with Gasteiger partial charge in [-0.15, -0.1) is 11.3 Å². The highest BCUT2D eigenvalue weighted by atomic mass is 32.1. The first kappa shape index (κ1) is 10.4. The molecule has 0 amide bonds. The molecule has 1 aromatic rings. The van der Waals surface area contributed by atoms with Gasteiger partial charge in [0.25, 0.3) is 0 Å². The molecule has 80 valence electrons. The van der Waals surface area contributed by atoms with Gasteiger partial charge in [0.15, 0.2) is 0 Å². The van der Waals surface area contributed by atoms with Crippen molar-refractivity contribution in [1.29, 1.82) is 0 Å². The van der Waals surface area contributed by atoms with Crippen molar-refractivity contribution in [3.63, 3.8) is 0 Å². The molecule has 4 heteroatoms. The summed E-state index contributed by atoms with van der Waals surface area (Å²) in [6.45, 7) is 1.99. The molecule has 1 N–H and O–H groups in total. The normalized spacial score (nSPS) is 15.3. The average Bonchev–Trinajstić information content (AvgIpc) is 2.68. The van der Waals surface area contributed by atoms with E-state index < -0.39 is 0 Å². The van der Waals surface area contributed by atoms with Gasteiger partial charge in [0.05, 0.1) is 7.11 Å². The second-order valence-corrected chi connectivity index (χ2v) is 4.55. The van der Waals surface area contributed by atoms with Crippen LogP contribution in [0.5, 0.6) is 0 Å². The SMILES string of the molecule is COC(=O)C=Cc1cc2c(s1)CCNC2. The summed E-state index contributed by atoms with van der Waals surface area (Å²) in [7, 11) is 1.38. The second kappa shape index (κ2) is 4.59. The van der Waals surface area contributed by atoms with Crippen LogP contribution >= 0.6 is 11.3 Å². The zero-order chi connectivity index (χ0) is 10.7. The van der Waals surface area contributed by atoms with Crippen LogP contribution in [-0.4, -0.2) is 19.6 Å². The lowest BCUT2D eigenvalue weighted by Gasteiger charge is -2.10. The molecule has 0 aromatic carbocycles. The maximum absolute atomic E-state index is 10.9. The smallest absolute Gasteiger partial charge is 0.330 e. The number of carbonyl (C=O) groups excluding carboxylic acids is 1. The Bertz CT molecular complexity index is 372. The van der Waals surface area contributed by atoms with Crippen molar-refractivity contribution < 1.29 is 9.53 Å². The third kappa shape index (κ3) is 2.46. The zero-order valence-electron chi connectivity index (χ0n) is 8.58. The molecule has 0 aliphatic carbocycles. The van der Waals surface area contributed by atoms with Crippen LogP contribution in [0, 0.1) is 0 Å². The van der Waals surface area contributed by atoms with E-state index in [9.17, 15) is 4.79 Å². The summed E-state index contributed by atoms with van der Waals surface area (Å²) in [6, 6.07) is 2.13. The Labute approximate surface area is 92.8 Å². The fourth-order valence-electron chi connectivity index (χ4n) is 1.58. The van der Waals surface area contributed by atoms with E-state index in [0.717, 1.165) is 24.4 Å². The van der Waals surface area contributed by atoms with Gasteiger partial charge in [0, 0.05) is 28.9 Å². The topological polar surface area (TPSA) is 38.3 Å². The number of nitrogens with one attached hydrogen (secondary N) is 1. The van der Waals surface area contributed by atoms with Crippen molar-refractivity contribution in [2.75, 3.05) is 13.7 Å². The minimum absolute atomic E-state index is 0.306. The van der Waals surface area contributed by atoms with Gasteiger partial charge in [-0.1, -0.05) is 0 Å². The first-order valence-corrected chi connectivity index (χ1v) is 5.69. The van der Waals surface area contributed by atoms with Crippen LogP contribution < -0.4 is 5.32 Å². The van der Waals surface area contributed by atoms with Gasteiger partial charge < -0.3 is 10.1 Å². The number of ether oxygens (including phenoxy) is 1. The van der Waals surface area contributed by atoms with Crippen molar-refractivity contribution in [3.05, 3.63) is 27.5 Å². The van der Waals surface area contributed by atoms with Gasteiger partial charge in [-0.05, 0) is 24.1 Å². The second-order valence-electron chi connectivity index (χ2n) is 3.38. The molecule has 1 aliphatic heterocycles. The van der Waals surface area contributed by atoms with Gasteiger partial charge >= 0.3 is 5.97 Å². The van der Waals surface area contributed by atoms with E-state index in [0.29, 0.717) is 0 Å². The predicted molar refractivity (Wildman–Crippen MR) is 60.8 cm³/mol. The molecule has 0 saturated heterocycles. The van der Waals surface area contributed by atoms with E-state index in [1.807, 2.05) is 6.08 Å². The van der Waals surface area contributed by atoms with E-state index in [1.54, 1.807) is 11.3 Å². The van der Waals surface area contributed by atoms with Crippen LogP contribution in [0.3, 0.4) is 0 Å². The number of fused-ring (bicyclic) bond motifs is 1. The summed E-state index contributed by atoms with van der Waals surface area (Å²) in [6.07, 6.45) is 4.37. The summed E-state index contributed by atoms with van der Waals surface area (Å²) >= 11 is 1.75. The van der Waals surface area contributed by atoms with Gasteiger partial charge in [0.1, 0.15) is 0 Å². The molecular formula is C11H13NO2S. The van der Waals surface area contributed by atoms with Crippen LogP contribution in [-0.2, 0) is 22.5 Å². The Kier molecular flexibility index (Phi) is 3.18. The molecule has 0 atom stereocenters. The fourth-order valence-corrected chi connectivity index (χ4v) is 2.66. The molecule has 0 unspecified atom stereocenters. The number of esters is 1. The molecule has 0 saturated carbocycles. The maximum Gasteiger partial charge on any atom is 0.330 e. The molecule has 1 aromatic heterocycles. The molecule has 3 nitrogen and oxygen atoms in total. The van der Waals surface area contributed by atoms with E-state index in [1.165, 1.54) is 23.6 Å². The number of thiophene rings is 1. The molecule has 15 heavy (non-hydrogen) atoms. The van der Waals surface area contributed by atoms with Crippen molar-refractivity contribution in [1.82, 2.24) is 5.32 Å². The number of hydrogen-bond acceptors (Lipinski definition) is 4. The summed E-state index contributed by atoms with van der Waals surface area (Å²) in [4.78, 5) is 13.5. The summed E-state index contributed by atoms with van der Waals surface area (Å²) in [5, 5.41) is 3.32. The van der Waals surface area contributed by atoms with Gasteiger partial charge in [-0.25, -0.2) is 4.79 Å². The largest absolute Gasteiger partial charge is 0.466 e. The lowest BCUT2D eigenvalue weighted by Crippen LogP contribution is -2.21. The van der Waals surface area contributed by atoms with E-state index in [4.69, 9.17) is 0 Å². The van der Waals surface area contributed by atoms with Crippen molar-refractivity contribution in [2.24, 2.45) is 0 Å². The Balaban J connectivity index is 2.13. The monoisotopic (exact) mass is 223 g/mol. The molecule has 0 radical (unpaired) electrons. The first-order valence-electron chi connectivity index (χ1n) is 4.88. The highest BCUT2D eigenvalue weighted by Crippen LogP contribution is 2.26.